The van der Waals surface area contributed by atoms with Gasteiger partial charge in [0.15, 0.2) is 0 Å². The van der Waals surface area contributed by atoms with E-state index in [4.69, 9.17) is 5.26 Å². The largest absolute Gasteiger partial charge is 0.338 e. The van der Waals surface area contributed by atoms with Crippen molar-refractivity contribution in [2.24, 2.45) is 5.92 Å². The highest BCUT2D eigenvalue weighted by Gasteiger charge is 2.31. The first-order chi connectivity index (χ1) is 11.8. The van der Waals surface area contributed by atoms with Gasteiger partial charge in [0.1, 0.15) is 0 Å². The van der Waals surface area contributed by atoms with Gasteiger partial charge in [-0.15, -0.1) is 0 Å². The van der Waals surface area contributed by atoms with Crippen LogP contribution in [0.25, 0.3) is 0 Å². The molecule has 136 valence electrons. The average molecular weight is 363 g/mol. The van der Waals surface area contributed by atoms with E-state index in [9.17, 15) is 13.2 Å². The quantitative estimate of drug-likeness (QED) is 0.774. The van der Waals surface area contributed by atoms with E-state index in [1.807, 2.05) is 24.0 Å². The number of nitriles is 1. The van der Waals surface area contributed by atoms with Gasteiger partial charge in [0.25, 0.3) is 0 Å². The predicted octanol–water partition coefficient (Wildman–Crippen LogP) is 1.97. The first-order valence-corrected chi connectivity index (χ1v) is 10.4. The summed E-state index contributed by atoms with van der Waals surface area (Å²) in [7, 11) is -3.18. The molecule has 1 aromatic carbocycles. The van der Waals surface area contributed by atoms with Gasteiger partial charge in [-0.05, 0) is 37.0 Å². The summed E-state index contributed by atoms with van der Waals surface area (Å²) in [6.07, 6.45) is 3.21. The van der Waals surface area contributed by atoms with E-state index < -0.39 is 10.0 Å². The smallest absolute Gasteiger partial charge is 0.226 e. The summed E-state index contributed by atoms with van der Waals surface area (Å²) in [4.78, 5) is 14.7. The minimum absolute atomic E-state index is 0.0966. The zero-order valence-electron chi connectivity index (χ0n) is 14.8. The first-order valence-electron chi connectivity index (χ1n) is 8.58. The van der Waals surface area contributed by atoms with Crippen LogP contribution < -0.4 is 0 Å². The Morgan fingerprint density at radius 2 is 1.88 bits per heavy atom. The van der Waals surface area contributed by atoms with Crippen molar-refractivity contribution in [3.05, 3.63) is 35.4 Å². The Morgan fingerprint density at radius 1 is 1.28 bits per heavy atom. The normalized spacial score (nSPS) is 16.4. The molecule has 1 aliphatic rings. The van der Waals surface area contributed by atoms with Crippen LogP contribution in [0.4, 0.5) is 0 Å². The van der Waals surface area contributed by atoms with Crippen molar-refractivity contribution in [3.63, 3.8) is 0 Å². The van der Waals surface area contributed by atoms with Crippen molar-refractivity contribution in [1.29, 1.82) is 5.26 Å². The molecule has 1 saturated heterocycles. The third-order valence-corrected chi connectivity index (χ3v) is 5.84. The molecule has 0 N–H and O–H groups in total. The monoisotopic (exact) mass is 363 g/mol. The molecule has 0 aromatic heterocycles. The second-order valence-corrected chi connectivity index (χ2v) is 8.49. The molecule has 0 atom stereocenters. The highest BCUT2D eigenvalue weighted by molar-refractivity contribution is 7.88. The maximum Gasteiger partial charge on any atom is 0.226 e. The summed E-state index contributed by atoms with van der Waals surface area (Å²) in [5.74, 6) is -0.0257. The third-order valence-electron chi connectivity index (χ3n) is 4.53. The van der Waals surface area contributed by atoms with Crippen LogP contribution in [0.2, 0.25) is 0 Å². The molecule has 1 aliphatic heterocycles. The molecule has 1 fully saturated rings. The summed E-state index contributed by atoms with van der Waals surface area (Å²) in [6, 6.07) is 9.36. The molecule has 0 unspecified atom stereocenters. The molecule has 1 heterocycles. The van der Waals surface area contributed by atoms with Crippen molar-refractivity contribution < 1.29 is 13.2 Å². The zero-order valence-corrected chi connectivity index (χ0v) is 15.6. The summed E-state index contributed by atoms with van der Waals surface area (Å²) in [5.41, 5.74) is 1.60. The number of piperidine rings is 1. The van der Waals surface area contributed by atoms with Crippen LogP contribution in [-0.4, -0.2) is 49.4 Å². The van der Waals surface area contributed by atoms with E-state index in [2.05, 4.69) is 6.07 Å². The van der Waals surface area contributed by atoms with Crippen LogP contribution in [0.1, 0.15) is 37.3 Å². The fraction of sp³-hybridized carbons (Fsp3) is 0.556. The SMILES string of the molecule is CCCN(Cc1ccc(C#N)cc1)C(=O)C1CCN(S(C)(=O)=O)CC1. The van der Waals surface area contributed by atoms with Gasteiger partial charge >= 0.3 is 0 Å². The molecular weight excluding hydrogens is 338 g/mol. The van der Waals surface area contributed by atoms with Gasteiger partial charge in [-0.2, -0.15) is 5.26 Å². The molecular formula is C18H25N3O3S. The molecule has 2 rings (SSSR count). The van der Waals surface area contributed by atoms with Gasteiger partial charge < -0.3 is 4.90 Å². The molecule has 0 spiro atoms. The molecule has 0 aliphatic carbocycles. The van der Waals surface area contributed by atoms with Gasteiger partial charge in [-0.3, -0.25) is 4.79 Å². The number of hydrogen-bond acceptors (Lipinski definition) is 4. The van der Waals surface area contributed by atoms with E-state index in [0.717, 1.165) is 12.0 Å². The molecule has 1 amide bonds. The number of carbonyl (C=O) groups excluding carboxylic acids is 1. The third kappa shape index (κ3) is 5.28. The lowest BCUT2D eigenvalue weighted by atomic mass is 9.96. The molecule has 0 bridgehead atoms. The number of hydrogen-bond donors (Lipinski definition) is 0. The second-order valence-electron chi connectivity index (χ2n) is 6.50. The number of amides is 1. The van der Waals surface area contributed by atoms with Crippen LogP contribution >= 0.6 is 0 Å². The number of benzene rings is 1. The minimum Gasteiger partial charge on any atom is -0.338 e. The standard InChI is InChI=1S/C18H25N3O3S/c1-3-10-20(14-16-6-4-15(13-19)5-7-16)18(22)17-8-11-21(12-9-17)25(2,23)24/h4-7,17H,3,8-12,14H2,1-2H3. The van der Waals surface area contributed by atoms with Crippen LogP contribution in [0.3, 0.4) is 0 Å². The zero-order chi connectivity index (χ0) is 18.4. The maximum atomic E-state index is 12.9. The fourth-order valence-corrected chi connectivity index (χ4v) is 4.01. The Hall–Kier alpha value is -1.91. The second kappa shape index (κ2) is 8.45. The van der Waals surface area contributed by atoms with Crippen molar-refractivity contribution >= 4 is 15.9 Å². The highest BCUT2D eigenvalue weighted by atomic mass is 32.2. The van der Waals surface area contributed by atoms with Crippen molar-refractivity contribution in [2.75, 3.05) is 25.9 Å². The van der Waals surface area contributed by atoms with Gasteiger partial charge in [-0.1, -0.05) is 19.1 Å². The summed E-state index contributed by atoms with van der Waals surface area (Å²) < 4.78 is 24.6. The van der Waals surface area contributed by atoms with E-state index >= 15 is 0 Å². The minimum atomic E-state index is -3.18. The van der Waals surface area contributed by atoms with E-state index in [-0.39, 0.29) is 11.8 Å². The van der Waals surface area contributed by atoms with Crippen LogP contribution in [-0.2, 0) is 21.4 Å². The Balaban J connectivity index is 2.01. The lowest BCUT2D eigenvalue weighted by Gasteiger charge is -2.33. The Bertz CT molecular complexity index is 730. The van der Waals surface area contributed by atoms with Gasteiger partial charge in [0, 0.05) is 32.1 Å². The number of carbonyl (C=O) groups is 1. The molecule has 6 nitrogen and oxygen atoms in total. The van der Waals surface area contributed by atoms with Crippen LogP contribution in [0, 0.1) is 17.2 Å². The van der Waals surface area contributed by atoms with Crippen LogP contribution in [0.5, 0.6) is 0 Å². The lowest BCUT2D eigenvalue weighted by molar-refractivity contribution is -0.137. The van der Waals surface area contributed by atoms with E-state index in [1.165, 1.54) is 10.6 Å². The van der Waals surface area contributed by atoms with Gasteiger partial charge in [-0.25, -0.2) is 12.7 Å². The van der Waals surface area contributed by atoms with Crippen molar-refractivity contribution in [2.45, 2.75) is 32.7 Å². The van der Waals surface area contributed by atoms with Gasteiger partial charge in [0.2, 0.25) is 15.9 Å². The topological polar surface area (TPSA) is 81.5 Å². The van der Waals surface area contributed by atoms with Crippen molar-refractivity contribution in [1.82, 2.24) is 9.21 Å². The Morgan fingerprint density at radius 3 is 2.36 bits per heavy atom. The first kappa shape index (κ1) is 19.4. The fourth-order valence-electron chi connectivity index (χ4n) is 3.13. The molecule has 0 radical (unpaired) electrons. The van der Waals surface area contributed by atoms with Gasteiger partial charge in [0.05, 0.1) is 17.9 Å². The van der Waals surface area contributed by atoms with E-state index in [0.29, 0.717) is 44.6 Å². The number of sulfonamides is 1. The summed E-state index contributed by atoms with van der Waals surface area (Å²) >= 11 is 0. The van der Waals surface area contributed by atoms with E-state index in [1.54, 1.807) is 12.1 Å². The maximum absolute atomic E-state index is 12.9. The average Bonchev–Trinajstić information content (AvgIpc) is 2.61. The number of rotatable bonds is 6. The Kier molecular flexibility index (Phi) is 6.57. The highest BCUT2D eigenvalue weighted by Crippen LogP contribution is 2.22. The van der Waals surface area contributed by atoms with Crippen molar-refractivity contribution in [3.8, 4) is 6.07 Å². The summed E-state index contributed by atoms with van der Waals surface area (Å²) in [5, 5.41) is 8.87. The number of nitrogens with zero attached hydrogens (tertiary/aromatic N) is 3. The molecule has 25 heavy (non-hydrogen) atoms. The van der Waals surface area contributed by atoms with Crippen LogP contribution in [0.15, 0.2) is 24.3 Å². The summed E-state index contributed by atoms with van der Waals surface area (Å²) in [6.45, 7) is 4.04. The predicted molar refractivity (Wildman–Crippen MR) is 96.0 cm³/mol. The molecule has 7 heteroatoms. The Labute approximate surface area is 150 Å². The molecule has 0 saturated carbocycles. The molecule has 1 aromatic rings. The lowest BCUT2D eigenvalue weighted by Crippen LogP contribution is -2.44.